The molecule has 3 aromatic rings. The van der Waals surface area contributed by atoms with Gasteiger partial charge < -0.3 is 9.72 Å². The molecule has 1 N–H and O–H groups in total. The molecule has 0 saturated heterocycles. The highest BCUT2D eigenvalue weighted by Gasteiger charge is 2.11. The standard InChI is InChI=1S/C15H10BrN5O2/c16-11-1-4-15-19-12(9-20(15)8-11)7-18-14-3-2-13(21(22)23)5-10(14)6-17/h1-5,8-9,18H,7H2. The summed E-state index contributed by atoms with van der Waals surface area (Å²) in [6.45, 7) is 0.409. The van der Waals surface area contributed by atoms with Gasteiger partial charge in [-0.25, -0.2) is 4.98 Å². The van der Waals surface area contributed by atoms with E-state index in [2.05, 4.69) is 26.2 Å². The summed E-state index contributed by atoms with van der Waals surface area (Å²) in [5, 5.41) is 23.0. The molecule has 0 unspecified atom stereocenters. The van der Waals surface area contributed by atoms with Crippen molar-refractivity contribution in [1.29, 1.82) is 5.26 Å². The van der Waals surface area contributed by atoms with Crippen LogP contribution in [-0.2, 0) is 6.54 Å². The van der Waals surface area contributed by atoms with Gasteiger partial charge in [-0.1, -0.05) is 0 Å². The Hall–Kier alpha value is -2.92. The Morgan fingerprint density at radius 1 is 1.35 bits per heavy atom. The molecule has 0 fully saturated rings. The van der Waals surface area contributed by atoms with E-state index in [0.29, 0.717) is 12.2 Å². The molecule has 0 atom stereocenters. The Kier molecular flexibility index (Phi) is 3.95. The minimum atomic E-state index is -0.523. The third-order valence-electron chi connectivity index (χ3n) is 3.26. The van der Waals surface area contributed by atoms with Gasteiger partial charge in [-0.2, -0.15) is 5.26 Å². The quantitative estimate of drug-likeness (QED) is 0.559. The number of anilines is 1. The maximum absolute atomic E-state index is 10.7. The van der Waals surface area contributed by atoms with Gasteiger partial charge in [-0.3, -0.25) is 10.1 Å². The molecular weight excluding hydrogens is 362 g/mol. The molecule has 0 spiro atoms. The van der Waals surface area contributed by atoms with Crippen molar-refractivity contribution >= 4 is 33.0 Å². The van der Waals surface area contributed by atoms with Crippen molar-refractivity contribution in [3.8, 4) is 6.07 Å². The number of non-ortho nitro benzene ring substituents is 1. The van der Waals surface area contributed by atoms with E-state index in [9.17, 15) is 10.1 Å². The third kappa shape index (κ3) is 3.14. The number of benzene rings is 1. The van der Waals surface area contributed by atoms with Gasteiger partial charge in [0.1, 0.15) is 11.7 Å². The van der Waals surface area contributed by atoms with Crippen LogP contribution in [0.1, 0.15) is 11.3 Å². The van der Waals surface area contributed by atoms with Gasteiger partial charge in [0.05, 0.1) is 28.4 Å². The van der Waals surface area contributed by atoms with Gasteiger partial charge in [0.2, 0.25) is 0 Å². The van der Waals surface area contributed by atoms with Gasteiger partial charge in [0.15, 0.2) is 0 Å². The van der Waals surface area contributed by atoms with Gasteiger partial charge in [-0.15, -0.1) is 0 Å². The molecule has 8 heteroatoms. The number of imidazole rings is 1. The van der Waals surface area contributed by atoms with Gasteiger partial charge >= 0.3 is 0 Å². The van der Waals surface area contributed by atoms with E-state index in [1.54, 1.807) is 0 Å². The van der Waals surface area contributed by atoms with Crippen LogP contribution in [0.25, 0.3) is 5.65 Å². The molecule has 2 aromatic heterocycles. The molecule has 0 aliphatic rings. The minimum absolute atomic E-state index is 0.107. The maximum atomic E-state index is 10.7. The van der Waals surface area contributed by atoms with E-state index in [0.717, 1.165) is 15.8 Å². The van der Waals surface area contributed by atoms with Crippen molar-refractivity contribution in [1.82, 2.24) is 9.38 Å². The number of nitriles is 1. The number of rotatable bonds is 4. The molecule has 1 aromatic carbocycles. The van der Waals surface area contributed by atoms with Crippen molar-refractivity contribution in [2.75, 3.05) is 5.32 Å². The van der Waals surface area contributed by atoms with Crippen LogP contribution < -0.4 is 5.32 Å². The second-order valence-electron chi connectivity index (χ2n) is 4.80. The highest BCUT2D eigenvalue weighted by Crippen LogP contribution is 2.22. The Bertz CT molecular complexity index is 945. The smallest absolute Gasteiger partial charge is 0.270 e. The van der Waals surface area contributed by atoms with Crippen LogP contribution in [0.4, 0.5) is 11.4 Å². The van der Waals surface area contributed by atoms with E-state index in [-0.39, 0.29) is 11.3 Å². The predicted octanol–water partition coefficient (Wildman–Crippen LogP) is 3.49. The number of nitrogens with zero attached hydrogens (tertiary/aromatic N) is 4. The van der Waals surface area contributed by atoms with Crippen molar-refractivity contribution in [3.63, 3.8) is 0 Å². The molecule has 114 valence electrons. The second-order valence-corrected chi connectivity index (χ2v) is 5.71. The van der Waals surface area contributed by atoms with Gasteiger partial charge in [0.25, 0.3) is 5.69 Å². The van der Waals surface area contributed by atoms with Gasteiger partial charge in [0, 0.05) is 29.0 Å². The van der Waals surface area contributed by atoms with Crippen molar-refractivity contribution < 1.29 is 4.92 Å². The number of pyridine rings is 1. The fourth-order valence-corrected chi connectivity index (χ4v) is 2.53. The Morgan fingerprint density at radius 2 is 2.17 bits per heavy atom. The Balaban J connectivity index is 1.82. The average molecular weight is 372 g/mol. The first-order chi connectivity index (χ1) is 11.1. The molecule has 0 bridgehead atoms. The first kappa shape index (κ1) is 15.0. The van der Waals surface area contributed by atoms with Crippen LogP contribution in [0.3, 0.4) is 0 Å². The number of nitrogens with one attached hydrogen (secondary N) is 1. The normalized spacial score (nSPS) is 10.4. The highest BCUT2D eigenvalue weighted by molar-refractivity contribution is 9.10. The highest BCUT2D eigenvalue weighted by atomic mass is 79.9. The summed E-state index contributed by atoms with van der Waals surface area (Å²) < 4.78 is 2.84. The lowest BCUT2D eigenvalue weighted by Gasteiger charge is -2.06. The van der Waals surface area contributed by atoms with Crippen LogP contribution in [0.5, 0.6) is 0 Å². The average Bonchev–Trinajstić information content (AvgIpc) is 2.94. The topological polar surface area (TPSA) is 96.3 Å². The minimum Gasteiger partial charge on any atom is -0.378 e. The summed E-state index contributed by atoms with van der Waals surface area (Å²) in [4.78, 5) is 14.7. The molecule has 7 nitrogen and oxygen atoms in total. The number of nitro benzene ring substituents is 1. The SMILES string of the molecule is N#Cc1cc([N+](=O)[O-])ccc1NCc1cn2cc(Br)ccc2n1. The summed E-state index contributed by atoms with van der Waals surface area (Å²) >= 11 is 3.40. The summed E-state index contributed by atoms with van der Waals surface area (Å²) in [6.07, 6.45) is 3.78. The van der Waals surface area contributed by atoms with Crippen molar-refractivity contribution in [3.05, 3.63) is 68.6 Å². The summed E-state index contributed by atoms with van der Waals surface area (Å²) in [5.74, 6) is 0. The fourth-order valence-electron chi connectivity index (χ4n) is 2.18. The van der Waals surface area contributed by atoms with Crippen LogP contribution in [0.15, 0.2) is 47.2 Å². The first-order valence-corrected chi connectivity index (χ1v) is 7.41. The lowest BCUT2D eigenvalue weighted by molar-refractivity contribution is -0.384. The lowest BCUT2D eigenvalue weighted by atomic mass is 10.1. The molecule has 0 aliphatic carbocycles. The molecule has 23 heavy (non-hydrogen) atoms. The number of nitro groups is 1. The Labute approximate surface area is 139 Å². The van der Waals surface area contributed by atoms with Crippen molar-refractivity contribution in [2.45, 2.75) is 6.54 Å². The molecule has 2 heterocycles. The van der Waals surface area contributed by atoms with E-state index in [1.807, 2.05) is 35.0 Å². The largest absolute Gasteiger partial charge is 0.378 e. The maximum Gasteiger partial charge on any atom is 0.270 e. The molecule has 0 amide bonds. The van der Waals surface area contributed by atoms with E-state index in [1.165, 1.54) is 18.2 Å². The number of halogens is 1. The zero-order valence-electron chi connectivity index (χ0n) is 11.7. The number of hydrogen-bond acceptors (Lipinski definition) is 5. The first-order valence-electron chi connectivity index (χ1n) is 6.62. The fraction of sp³-hybridized carbons (Fsp3) is 0.0667. The van der Waals surface area contributed by atoms with Crippen LogP contribution >= 0.6 is 15.9 Å². The van der Waals surface area contributed by atoms with Crippen LogP contribution in [0, 0.1) is 21.4 Å². The summed E-state index contributed by atoms with van der Waals surface area (Å²) in [5.41, 5.74) is 2.27. The third-order valence-corrected chi connectivity index (χ3v) is 3.73. The summed E-state index contributed by atoms with van der Waals surface area (Å²) in [7, 11) is 0. The molecule has 3 rings (SSSR count). The number of fused-ring (bicyclic) bond motifs is 1. The van der Waals surface area contributed by atoms with E-state index < -0.39 is 4.92 Å². The van der Waals surface area contributed by atoms with E-state index >= 15 is 0 Å². The molecule has 0 radical (unpaired) electrons. The van der Waals surface area contributed by atoms with Crippen LogP contribution in [0.2, 0.25) is 0 Å². The zero-order chi connectivity index (χ0) is 16.4. The predicted molar refractivity (Wildman–Crippen MR) is 88.0 cm³/mol. The zero-order valence-corrected chi connectivity index (χ0v) is 13.3. The summed E-state index contributed by atoms with van der Waals surface area (Å²) in [6, 6.07) is 9.91. The van der Waals surface area contributed by atoms with Crippen molar-refractivity contribution in [2.24, 2.45) is 0 Å². The monoisotopic (exact) mass is 371 g/mol. The second kappa shape index (κ2) is 6.06. The van der Waals surface area contributed by atoms with Gasteiger partial charge in [-0.05, 0) is 34.1 Å². The number of hydrogen-bond donors (Lipinski definition) is 1. The van der Waals surface area contributed by atoms with Crippen LogP contribution in [-0.4, -0.2) is 14.3 Å². The lowest BCUT2D eigenvalue weighted by Crippen LogP contribution is -2.02. The molecule has 0 saturated carbocycles. The Morgan fingerprint density at radius 3 is 2.91 bits per heavy atom. The van der Waals surface area contributed by atoms with E-state index in [4.69, 9.17) is 5.26 Å². The molecule has 0 aliphatic heterocycles. The molecular formula is C15H10BrN5O2. The number of aromatic nitrogens is 2.